The first-order chi connectivity index (χ1) is 17.8. The van der Waals surface area contributed by atoms with E-state index in [4.69, 9.17) is 10.5 Å². The number of nitrogens with one attached hydrogen (secondary N) is 2. The SMILES string of the molecule is Cc1ccc(C)c(C(C(=O)NC2CCCCC2)N(CC#N)C(=O)C(CCC(N)=O)NC(=O)OC(C)(C)C)c1. The summed E-state index contributed by atoms with van der Waals surface area (Å²) in [5.74, 6) is -1.72. The Balaban J connectivity index is 2.49. The number of alkyl carbamates (subject to hydrolysis) is 1. The van der Waals surface area contributed by atoms with Gasteiger partial charge < -0.3 is 26.0 Å². The van der Waals surface area contributed by atoms with Crippen LogP contribution in [-0.4, -0.2) is 52.9 Å². The summed E-state index contributed by atoms with van der Waals surface area (Å²) in [5.41, 5.74) is 6.76. The van der Waals surface area contributed by atoms with Crippen LogP contribution in [0.25, 0.3) is 0 Å². The van der Waals surface area contributed by atoms with E-state index in [9.17, 15) is 24.4 Å². The molecule has 208 valence electrons. The molecule has 4 N–H and O–H groups in total. The number of nitrogens with zero attached hydrogens (tertiary/aromatic N) is 2. The topological polar surface area (TPSA) is 155 Å². The van der Waals surface area contributed by atoms with Gasteiger partial charge in [0, 0.05) is 12.5 Å². The van der Waals surface area contributed by atoms with E-state index >= 15 is 0 Å². The van der Waals surface area contributed by atoms with Crippen molar-refractivity contribution in [3.63, 3.8) is 0 Å². The van der Waals surface area contributed by atoms with E-state index in [0.717, 1.165) is 43.2 Å². The van der Waals surface area contributed by atoms with Gasteiger partial charge >= 0.3 is 6.09 Å². The number of amides is 4. The van der Waals surface area contributed by atoms with Crippen molar-refractivity contribution in [1.82, 2.24) is 15.5 Å². The molecule has 0 aliphatic heterocycles. The van der Waals surface area contributed by atoms with Crippen molar-refractivity contribution in [2.45, 2.75) is 103 Å². The molecule has 2 unspecified atom stereocenters. The number of ether oxygens (including phenoxy) is 1. The normalized spacial score (nSPS) is 15.5. The predicted molar refractivity (Wildman–Crippen MR) is 143 cm³/mol. The van der Waals surface area contributed by atoms with Gasteiger partial charge in [0.15, 0.2) is 0 Å². The van der Waals surface area contributed by atoms with Crippen molar-refractivity contribution in [3.8, 4) is 6.07 Å². The molecule has 10 nitrogen and oxygen atoms in total. The average molecular weight is 528 g/mol. The Kier molecular flexibility index (Phi) is 11.1. The molecule has 1 aromatic rings. The zero-order valence-corrected chi connectivity index (χ0v) is 23.1. The van der Waals surface area contributed by atoms with E-state index in [-0.39, 0.29) is 24.8 Å². The van der Waals surface area contributed by atoms with Crippen LogP contribution in [0.15, 0.2) is 18.2 Å². The summed E-state index contributed by atoms with van der Waals surface area (Å²) < 4.78 is 5.31. The summed E-state index contributed by atoms with van der Waals surface area (Å²) in [5, 5.41) is 15.3. The second kappa shape index (κ2) is 13.8. The summed E-state index contributed by atoms with van der Waals surface area (Å²) in [6.45, 7) is 8.37. The minimum absolute atomic E-state index is 0.0200. The predicted octanol–water partition coefficient (Wildman–Crippen LogP) is 3.30. The van der Waals surface area contributed by atoms with Gasteiger partial charge in [-0.3, -0.25) is 14.4 Å². The fraction of sp³-hybridized carbons (Fsp3) is 0.607. The molecule has 2 atom stereocenters. The molecule has 38 heavy (non-hydrogen) atoms. The zero-order valence-electron chi connectivity index (χ0n) is 23.1. The van der Waals surface area contributed by atoms with Gasteiger partial charge in [-0.2, -0.15) is 5.26 Å². The number of carbonyl (C=O) groups is 4. The second-order valence-corrected chi connectivity index (χ2v) is 10.9. The summed E-state index contributed by atoms with van der Waals surface area (Å²) in [6, 6.07) is 5.23. The number of primary amides is 1. The van der Waals surface area contributed by atoms with Gasteiger partial charge in [0.2, 0.25) is 17.7 Å². The number of rotatable bonds is 10. The largest absolute Gasteiger partial charge is 0.444 e. The number of nitriles is 1. The quantitative estimate of drug-likeness (QED) is 0.397. The minimum Gasteiger partial charge on any atom is -0.444 e. The number of aryl methyl sites for hydroxylation is 2. The fourth-order valence-corrected chi connectivity index (χ4v) is 4.60. The Hall–Kier alpha value is -3.61. The van der Waals surface area contributed by atoms with E-state index in [1.807, 2.05) is 38.1 Å². The number of hydrogen-bond acceptors (Lipinski definition) is 6. The van der Waals surface area contributed by atoms with Gasteiger partial charge in [0.25, 0.3) is 0 Å². The lowest BCUT2D eigenvalue weighted by molar-refractivity contribution is -0.142. The van der Waals surface area contributed by atoms with Crippen LogP contribution < -0.4 is 16.4 Å². The third-order valence-electron chi connectivity index (χ3n) is 6.43. The van der Waals surface area contributed by atoms with Crippen LogP contribution in [0.2, 0.25) is 0 Å². The molecule has 10 heteroatoms. The van der Waals surface area contributed by atoms with Crippen LogP contribution in [0.4, 0.5) is 4.79 Å². The molecule has 0 spiro atoms. The molecular weight excluding hydrogens is 486 g/mol. The van der Waals surface area contributed by atoms with Gasteiger partial charge in [-0.05, 0) is 65.0 Å². The molecule has 1 aliphatic rings. The van der Waals surface area contributed by atoms with E-state index in [1.54, 1.807) is 20.8 Å². The number of nitrogens with two attached hydrogens (primary N) is 1. The molecule has 0 bridgehead atoms. The first-order valence-corrected chi connectivity index (χ1v) is 13.1. The third-order valence-corrected chi connectivity index (χ3v) is 6.43. The smallest absolute Gasteiger partial charge is 0.408 e. The molecule has 4 amide bonds. The summed E-state index contributed by atoms with van der Waals surface area (Å²) >= 11 is 0. The first-order valence-electron chi connectivity index (χ1n) is 13.1. The second-order valence-electron chi connectivity index (χ2n) is 10.9. The molecule has 0 radical (unpaired) electrons. The summed E-state index contributed by atoms with van der Waals surface area (Å²) in [4.78, 5) is 53.0. The molecule has 1 aromatic carbocycles. The summed E-state index contributed by atoms with van der Waals surface area (Å²) in [6.07, 6.45) is 3.67. The highest BCUT2D eigenvalue weighted by Crippen LogP contribution is 2.28. The fourth-order valence-electron chi connectivity index (χ4n) is 4.60. The third kappa shape index (κ3) is 9.36. The number of hydrogen-bond donors (Lipinski definition) is 3. The van der Waals surface area contributed by atoms with E-state index in [2.05, 4.69) is 10.6 Å². The van der Waals surface area contributed by atoms with Crippen LogP contribution >= 0.6 is 0 Å². The average Bonchev–Trinajstić information content (AvgIpc) is 2.82. The minimum atomic E-state index is -1.24. The molecular formula is C28H41N5O5. The Labute approximate surface area is 225 Å². The lowest BCUT2D eigenvalue weighted by Crippen LogP contribution is -2.54. The first kappa shape index (κ1) is 30.6. The number of benzene rings is 1. The zero-order chi connectivity index (χ0) is 28.5. The van der Waals surface area contributed by atoms with Gasteiger partial charge in [-0.15, -0.1) is 0 Å². The molecule has 1 aliphatic carbocycles. The van der Waals surface area contributed by atoms with E-state index in [0.29, 0.717) is 5.56 Å². The van der Waals surface area contributed by atoms with Crippen LogP contribution in [-0.2, 0) is 19.1 Å². The maximum Gasteiger partial charge on any atom is 0.408 e. The number of carbonyl (C=O) groups excluding carboxylic acids is 4. The van der Waals surface area contributed by atoms with Gasteiger partial charge in [0.1, 0.15) is 24.2 Å². The lowest BCUT2D eigenvalue weighted by Gasteiger charge is -2.35. The molecule has 0 saturated heterocycles. The molecule has 2 rings (SSSR count). The van der Waals surface area contributed by atoms with Crippen molar-refractivity contribution >= 4 is 23.8 Å². The van der Waals surface area contributed by atoms with Gasteiger partial charge in [-0.1, -0.05) is 43.0 Å². The molecule has 0 heterocycles. The van der Waals surface area contributed by atoms with Crippen molar-refractivity contribution in [2.75, 3.05) is 6.54 Å². The van der Waals surface area contributed by atoms with Crippen molar-refractivity contribution in [2.24, 2.45) is 5.73 Å². The monoisotopic (exact) mass is 527 g/mol. The van der Waals surface area contributed by atoms with Crippen molar-refractivity contribution < 1.29 is 23.9 Å². The maximum atomic E-state index is 13.9. The highest BCUT2D eigenvalue weighted by Gasteiger charge is 2.37. The molecule has 1 fully saturated rings. The van der Waals surface area contributed by atoms with Gasteiger partial charge in [-0.25, -0.2) is 4.79 Å². The Bertz CT molecular complexity index is 1050. The Morgan fingerprint density at radius 2 is 1.82 bits per heavy atom. The Morgan fingerprint density at radius 1 is 1.16 bits per heavy atom. The highest BCUT2D eigenvalue weighted by atomic mass is 16.6. The van der Waals surface area contributed by atoms with Crippen LogP contribution in [0.3, 0.4) is 0 Å². The van der Waals surface area contributed by atoms with Crippen LogP contribution in [0.5, 0.6) is 0 Å². The van der Waals surface area contributed by atoms with Crippen LogP contribution in [0.1, 0.15) is 88.4 Å². The van der Waals surface area contributed by atoms with Crippen molar-refractivity contribution in [3.05, 3.63) is 34.9 Å². The van der Waals surface area contributed by atoms with Gasteiger partial charge in [0.05, 0.1) is 6.07 Å². The molecule has 0 aromatic heterocycles. The van der Waals surface area contributed by atoms with Crippen molar-refractivity contribution in [1.29, 1.82) is 5.26 Å². The molecule has 1 saturated carbocycles. The summed E-state index contributed by atoms with van der Waals surface area (Å²) in [7, 11) is 0. The Morgan fingerprint density at radius 3 is 2.39 bits per heavy atom. The van der Waals surface area contributed by atoms with E-state index in [1.165, 1.54) is 4.90 Å². The van der Waals surface area contributed by atoms with Crippen LogP contribution in [0, 0.1) is 25.2 Å². The maximum absolute atomic E-state index is 13.9. The lowest BCUT2D eigenvalue weighted by atomic mass is 9.93. The standard InChI is InChI=1S/C28H41N5O5/c1-18-11-12-19(2)21(17-18)24(25(35)31-20-9-7-6-8-10-20)33(16-15-29)26(36)22(13-14-23(30)34)32-27(37)38-28(3,4)5/h11-12,17,20,22,24H,6-10,13-14,16H2,1-5H3,(H2,30,34)(H,31,35)(H,32,37). The van der Waals surface area contributed by atoms with E-state index < -0.39 is 42.1 Å². The highest BCUT2D eigenvalue weighted by molar-refractivity contribution is 5.93.